The first-order chi connectivity index (χ1) is 8.04. The van der Waals surface area contributed by atoms with Crippen molar-refractivity contribution in [2.45, 2.75) is 32.6 Å². The molecule has 0 aliphatic carbocycles. The summed E-state index contributed by atoms with van der Waals surface area (Å²) in [7, 11) is -0.957. The van der Waals surface area contributed by atoms with Gasteiger partial charge in [0.25, 0.3) is 0 Å². The molecule has 0 bridgehead atoms. The number of hydrogen-bond acceptors (Lipinski definition) is 4. The molecule has 1 N–H and O–H groups in total. The molecule has 1 fully saturated rings. The second-order valence-electron chi connectivity index (χ2n) is 5.09. The van der Waals surface area contributed by atoms with Gasteiger partial charge in [-0.05, 0) is 32.7 Å². The predicted octanol–water partition coefficient (Wildman–Crippen LogP) is 1.22. The molecule has 102 valence electrons. The first kappa shape index (κ1) is 14.9. The first-order valence-corrected chi connectivity index (χ1v) is 8.28. The van der Waals surface area contributed by atoms with Crippen molar-refractivity contribution in [2.75, 3.05) is 38.3 Å². The van der Waals surface area contributed by atoms with Crippen molar-refractivity contribution >= 4 is 9.84 Å². The molecule has 1 saturated heterocycles. The smallest absolute Gasteiger partial charge is 0.150 e. The third-order valence-electron chi connectivity index (χ3n) is 3.41. The van der Waals surface area contributed by atoms with Crippen LogP contribution in [0.1, 0.15) is 32.6 Å². The second kappa shape index (κ2) is 6.71. The van der Waals surface area contributed by atoms with Gasteiger partial charge in [0.05, 0.1) is 12.4 Å². The molecule has 5 heteroatoms. The average molecular weight is 263 g/mol. The monoisotopic (exact) mass is 263 g/mol. The molecule has 0 saturated carbocycles. The summed E-state index contributed by atoms with van der Waals surface area (Å²) in [6, 6.07) is 0. The first-order valence-electron chi connectivity index (χ1n) is 6.46. The maximum Gasteiger partial charge on any atom is 0.150 e. The number of ether oxygens (including phenoxy) is 1. The summed E-state index contributed by atoms with van der Waals surface area (Å²) < 4.78 is 29.0. The van der Waals surface area contributed by atoms with Gasteiger partial charge in [-0.3, -0.25) is 0 Å². The summed E-state index contributed by atoms with van der Waals surface area (Å²) in [6.07, 6.45) is 3.53. The van der Waals surface area contributed by atoms with E-state index in [9.17, 15) is 8.42 Å². The molecule has 1 aliphatic rings. The van der Waals surface area contributed by atoms with Gasteiger partial charge in [0.1, 0.15) is 9.84 Å². The molecular weight excluding hydrogens is 238 g/mol. The molecular formula is C12H25NO3S. The lowest BCUT2D eigenvalue weighted by atomic mass is 9.80. The van der Waals surface area contributed by atoms with E-state index in [0.717, 1.165) is 32.4 Å². The maximum absolute atomic E-state index is 11.8. The molecule has 0 aromatic rings. The van der Waals surface area contributed by atoms with E-state index >= 15 is 0 Å². The van der Waals surface area contributed by atoms with Crippen LogP contribution in [-0.2, 0) is 14.6 Å². The number of sulfone groups is 1. The zero-order chi connectivity index (χ0) is 12.8. The molecule has 17 heavy (non-hydrogen) atoms. The molecule has 0 aromatic heterocycles. The van der Waals surface area contributed by atoms with Crippen LogP contribution in [0.5, 0.6) is 0 Å². The van der Waals surface area contributed by atoms with E-state index in [-0.39, 0.29) is 5.41 Å². The minimum atomic E-state index is -2.87. The zero-order valence-electron chi connectivity index (χ0n) is 11.0. The molecule has 1 rings (SSSR count). The van der Waals surface area contributed by atoms with E-state index in [1.165, 1.54) is 0 Å². The molecule has 0 radical (unpaired) electrons. The zero-order valence-corrected chi connectivity index (χ0v) is 11.8. The topological polar surface area (TPSA) is 55.4 Å². The Kier molecular flexibility index (Phi) is 5.89. The summed E-state index contributed by atoms with van der Waals surface area (Å²) in [5.74, 6) is 0.607. The normalized spacial score (nSPS) is 26.0. The fourth-order valence-electron chi connectivity index (χ4n) is 2.50. The summed E-state index contributed by atoms with van der Waals surface area (Å²) >= 11 is 0. The van der Waals surface area contributed by atoms with Gasteiger partial charge in [-0.25, -0.2) is 8.42 Å². The van der Waals surface area contributed by atoms with Crippen molar-refractivity contribution < 1.29 is 13.2 Å². The van der Waals surface area contributed by atoms with Crippen LogP contribution in [0.25, 0.3) is 0 Å². The van der Waals surface area contributed by atoms with Crippen molar-refractivity contribution in [2.24, 2.45) is 5.41 Å². The summed E-state index contributed by atoms with van der Waals surface area (Å²) in [5.41, 5.74) is 0.0216. The van der Waals surface area contributed by atoms with Crippen molar-refractivity contribution in [3.63, 3.8) is 0 Å². The Labute approximate surface area is 105 Å². The van der Waals surface area contributed by atoms with E-state index in [1.807, 2.05) is 14.0 Å². The van der Waals surface area contributed by atoms with Crippen LogP contribution in [0.2, 0.25) is 0 Å². The highest BCUT2D eigenvalue weighted by Gasteiger charge is 2.33. The minimum absolute atomic E-state index is 0.0216. The number of hydrogen-bond donors (Lipinski definition) is 1. The highest BCUT2D eigenvalue weighted by atomic mass is 32.2. The molecule has 1 aliphatic heterocycles. The van der Waals surface area contributed by atoms with Crippen LogP contribution < -0.4 is 5.32 Å². The lowest BCUT2D eigenvalue weighted by molar-refractivity contribution is -0.00801. The Morgan fingerprint density at radius 1 is 1.35 bits per heavy atom. The van der Waals surface area contributed by atoms with Crippen LogP contribution >= 0.6 is 0 Å². The van der Waals surface area contributed by atoms with E-state index < -0.39 is 9.84 Å². The maximum atomic E-state index is 11.8. The van der Waals surface area contributed by atoms with Crippen molar-refractivity contribution in [3.8, 4) is 0 Å². The second-order valence-corrected chi connectivity index (χ2v) is 7.39. The Bertz CT molecular complexity index is 302. The highest BCUT2D eigenvalue weighted by Crippen LogP contribution is 2.32. The Morgan fingerprint density at radius 2 is 2.12 bits per heavy atom. The quantitative estimate of drug-likeness (QED) is 0.750. The molecule has 1 atom stereocenters. The standard InChI is InChI=1S/C12H25NO3S/c1-3-8-17(14,15)9-6-12(10-13-2)5-4-7-16-11-12/h13H,3-11H2,1-2H3. The van der Waals surface area contributed by atoms with Crippen LogP contribution in [0, 0.1) is 5.41 Å². The third kappa shape index (κ3) is 4.94. The lowest BCUT2D eigenvalue weighted by Crippen LogP contribution is -2.41. The summed E-state index contributed by atoms with van der Waals surface area (Å²) in [5, 5.41) is 3.17. The Hall–Kier alpha value is -0.130. The highest BCUT2D eigenvalue weighted by molar-refractivity contribution is 7.91. The van der Waals surface area contributed by atoms with Gasteiger partial charge >= 0.3 is 0 Å². The van der Waals surface area contributed by atoms with E-state index in [4.69, 9.17) is 4.74 Å². The fourth-order valence-corrected chi connectivity index (χ4v) is 4.07. The summed E-state index contributed by atoms with van der Waals surface area (Å²) in [6.45, 7) is 4.25. The van der Waals surface area contributed by atoms with E-state index in [0.29, 0.717) is 24.5 Å². The molecule has 1 heterocycles. The van der Waals surface area contributed by atoms with E-state index in [2.05, 4.69) is 5.32 Å². The van der Waals surface area contributed by atoms with Crippen molar-refractivity contribution in [3.05, 3.63) is 0 Å². The van der Waals surface area contributed by atoms with E-state index in [1.54, 1.807) is 0 Å². The average Bonchev–Trinajstić information content (AvgIpc) is 2.29. The molecule has 1 unspecified atom stereocenters. The SMILES string of the molecule is CCCS(=O)(=O)CCC1(CNC)CCCOC1. The minimum Gasteiger partial charge on any atom is -0.381 e. The third-order valence-corrected chi connectivity index (χ3v) is 5.27. The van der Waals surface area contributed by atoms with Gasteiger partial charge in [0.2, 0.25) is 0 Å². The Balaban J connectivity index is 2.55. The van der Waals surface area contributed by atoms with Gasteiger partial charge in [-0.2, -0.15) is 0 Å². The number of nitrogens with one attached hydrogen (secondary N) is 1. The molecule has 0 aromatic carbocycles. The lowest BCUT2D eigenvalue weighted by Gasteiger charge is -2.37. The molecule has 0 amide bonds. The number of rotatable bonds is 7. The van der Waals surface area contributed by atoms with Crippen LogP contribution in [0.15, 0.2) is 0 Å². The largest absolute Gasteiger partial charge is 0.381 e. The van der Waals surface area contributed by atoms with Gasteiger partial charge in [0, 0.05) is 24.3 Å². The van der Waals surface area contributed by atoms with Gasteiger partial charge in [0.15, 0.2) is 0 Å². The van der Waals surface area contributed by atoms with Crippen molar-refractivity contribution in [1.29, 1.82) is 0 Å². The van der Waals surface area contributed by atoms with Crippen LogP contribution in [-0.4, -0.2) is 46.7 Å². The fraction of sp³-hybridized carbons (Fsp3) is 1.00. The van der Waals surface area contributed by atoms with Gasteiger partial charge in [-0.1, -0.05) is 6.92 Å². The van der Waals surface area contributed by atoms with Gasteiger partial charge in [-0.15, -0.1) is 0 Å². The van der Waals surface area contributed by atoms with Crippen molar-refractivity contribution in [1.82, 2.24) is 5.32 Å². The van der Waals surface area contributed by atoms with Crippen LogP contribution in [0.4, 0.5) is 0 Å². The predicted molar refractivity (Wildman–Crippen MR) is 70.0 cm³/mol. The molecule has 0 spiro atoms. The summed E-state index contributed by atoms with van der Waals surface area (Å²) in [4.78, 5) is 0. The Morgan fingerprint density at radius 3 is 2.65 bits per heavy atom. The molecule has 4 nitrogen and oxygen atoms in total. The van der Waals surface area contributed by atoms with Crippen LogP contribution in [0.3, 0.4) is 0 Å². The van der Waals surface area contributed by atoms with Gasteiger partial charge < -0.3 is 10.1 Å².